The van der Waals surface area contributed by atoms with Gasteiger partial charge in [0.05, 0.1) is 12.3 Å². The lowest BCUT2D eigenvalue weighted by Gasteiger charge is -2.26. The Labute approximate surface area is 154 Å². The van der Waals surface area contributed by atoms with Gasteiger partial charge in [0.15, 0.2) is 0 Å². The molecule has 2 aromatic heterocycles. The fourth-order valence-corrected chi connectivity index (χ4v) is 3.61. The van der Waals surface area contributed by atoms with Crippen LogP contribution in [-0.4, -0.2) is 34.7 Å². The van der Waals surface area contributed by atoms with Crippen LogP contribution in [0.2, 0.25) is 0 Å². The molecule has 0 atom stereocenters. The van der Waals surface area contributed by atoms with Gasteiger partial charge in [0, 0.05) is 29.9 Å². The molecule has 0 radical (unpaired) electrons. The van der Waals surface area contributed by atoms with Crippen LogP contribution in [0.15, 0.2) is 48.8 Å². The molecule has 4 heterocycles. The van der Waals surface area contributed by atoms with E-state index in [0.29, 0.717) is 13.3 Å². The lowest BCUT2D eigenvalue weighted by molar-refractivity contribution is 0.130. The first-order chi connectivity index (χ1) is 12.9. The molecule has 2 N–H and O–H groups in total. The molecule has 1 saturated heterocycles. The van der Waals surface area contributed by atoms with Gasteiger partial charge in [-0.3, -0.25) is 4.90 Å². The molecule has 26 heavy (non-hydrogen) atoms. The van der Waals surface area contributed by atoms with Crippen LogP contribution in [-0.2, 0) is 17.9 Å². The van der Waals surface area contributed by atoms with E-state index in [1.807, 2.05) is 18.5 Å². The summed E-state index contributed by atoms with van der Waals surface area (Å²) in [6.07, 6.45) is 7.93. The van der Waals surface area contributed by atoms with E-state index in [2.05, 4.69) is 50.5 Å². The second-order valence-electron chi connectivity index (χ2n) is 6.89. The van der Waals surface area contributed by atoms with Crippen molar-refractivity contribution in [2.45, 2.75) is 32.4 Å². The third kappa shape index (κ3) is 4.06. The van der Waals surface area contributed by atoms with Crippen molar-refractivity contribution >= 4 is 16.7 Å². The molecule has 0 spiro atoms. The SMILES string of the molecule is c1cc2c3c(cnc2[nH]1)COCN3.c1ccc(CN2CCCCC2)cc1. The number of rotatable bonds is 2. The number of nitrogens with one attached hydrogen (secondary N) is 2. The van der Waals surface area contributed by atoms with Gasteiger partial charge in [-0.1, -0.05) is 36.8 Å². The van der Waals surface area contributed by atoms with Crippen LogP contribution >= 0.6 is 0 Å². The molecule has 2 aliphatic rings. The Morgan fingerprint density at radius 1 is 1.04 bits per heavy atom. The summed E-state index contributed by atoms with van der Waals surface area (Å²) < 4.78 is 5.26. The van der Waals surface area contributed by atoms with Crippen LogP contribution < -0.4 is 5.32 Å². The molecule has 5 heteroatoms. The molecule has 5 rings (SSSR count). The van der Waals surface area contributed by atoms with Gasteiger partial charge in [0.25, 0.3) is 0 Å². The first kappa shape index (κ1) is 17.1. The van der Waals surface area contributed by atoms with Crippen molar-refractivity contribution in [3.05, 3.63) is 59.9 Å². The highest BCUT2D eigenvalue weighted by molar-refractivity contribution is 5.91. The highest BCUT2D eigenvalue weighted by Gasteiger charge is 2.12. The third-order valence-electron chi connectivity index (χ3n) is 4.97. The Hall–Kier alpha value is -2.37. The van der Waals surface area contributed by atoms with Crippen molar-refractivity contribution in [1.29, 1.82) is 0 Å². The Morgan fingerprint density at radius 2 is 1.88 bits per heavy atom. The number of piperidine rings is 1. The van der Waals surface area contributed by atoms with Crippen molar-refractivity contribution in [1.82, 2.24) is 14.9 Å². The van der Waals surface area contributed by atoms with Crippen molar-refractivity contribution in [2.75, 3.05) is 25.1 Å². The maximum absolute atomic E-state index is 5.26. The molecule has 3 aromatic rings. The largest absolute Gasteiger partial charge is 0.362 e. The number of hydrogen-bond acceptors (Lipinski definition) is 4. The Kier molecular flexibility index (Phi) is 5.47. The van der Waals surface area contributed by atoms with Crippen LogP contribution in [0, 0.1) is 0 Å². The summed E-state index contributed by atoms with van der Waals surface area (Å²) in [7, 11) is 0. The van der Waals surface area contributed by atoms with Crippen molar-refractivity contribution < 1.29 is 4.74 Å². The van der Waals surface area contributed by atoms with Crippen molar-refractivity contribution in [3.8, 4) is 0 Å². The topological polar surface area (TPSA) is 53.2 Å². The maximum Gasteiger partial charge on any atom is 0.139 e. The number of H-pyrrole nitrogens is 1. The Morgan fingerprint density at radius 3 is 2.73 bits per heavy atom. The number of pyridine rings is 1. The van der Waals surface area contributed by atoms with Gasteiger partial charge in [-0.25, -0.2) is 4.98 Å². The minimum Gasteiger partial charge on any atom is -0.362 e. The first-order valence-corrected chi connectivity index (χ1v) is 9.43. The molecule has 2 aliphatic heterocycles. The third-order valence-corrected chi connectivity index (χ3v) is 4.97. The standard InChI is InChI=1S/C12H17N.C9H9N3O/c1-3-7-12(8-4-1)11-13-9-5-2-6-10-13;1-2-10-9-7(1)8-6(3-11-9)4-13-5-12-8/h1,3-4,7-8H,2,5-6,9-11H2;1-3,12H,4-5H2,(H,10,11). The summed E-state index contributed by atoms with van der Waals surface area (Å²) in [5.74, 6) is 0. The summed E-state index contributed by atoms with van der Waals surface area (Å²) in [6, 6.07) is 12.8. The number of fused-ring (bicyclic) bond motifs is 3. The number of aromatic nitrogens is 2. The lowest BCUT2D eigenvalue weighted by Crippen LogP contribution is -2.28. The number of hydrogen-bond donors (Lipinski definition) is 2. The number of aromatic amines is 1. The van der Waals surface area contributed by atoms with Crippen LogP contribution in [0.1, 0.15) is 30.4 Å². The molecular formula is C21H26N4O. The zero-order valence-electron chi connectivity index (χ0n) is 15.1. The predicted molar refractivity (Wildman–Crippen MR) is 105 cm³/mol. The molecule has 0 amide bonds. The zero-order chi connectivity index (χ0) is 17.6. The zero-order valence-corrected chi connectivity index (χ0v) is 15.1. The number of anilines is 1. The fraction of sp³-hybridized carbons (Fsp3) is 0.381. The van der Waals surface area contributed by atoms with Crippen molar-refractivity contribution in [3.63, 3.8) is 0 Å². The predicted octanol–water partition coefficient (Wildman–Crippen LogP) is 4.14. The van der Waals surface area contributed by atoms with E-state index >= 15 is 0 Å². The summed E-state index contributed by atoms with van der Waals surface area (Å²) >= 11 is 0. The van der Waals surface area contributed by atoms with E-state index in [1.165, 1.54) is 37.9 Å². The van der Waals surface area contributed by atoms with E-state index in [4.69, 9.17) is 4.74 Å². The minimum absolute atomic E-state index is 0.581. The van der Waals surface area contributed by atoms with Gasteiger partial charge in [-0.05, 0) is 37.6 Å². The molecule has 136 valence electrons. The maximum atomic E-state index is 5.26. The Bertz CT molecular complexity index is 824. The van der Waals surface area contributed by atoms with Crippen LogP contribution in [0.3, 0.4) is 0 Å². The van der Waals surface area contributed by atoms with Crippen LogP contribution in [0.5, 0.6) is 0 Å². The molecule has 0 bridgehead atoms. The summed E-state index contributed by atoms with van der Waals surface area (Å²) in [5, 5.41) is 4.35. The van der Waals surface area contributed by atoms with Crippen molar-refractivity contribution in [2.24, 2.45) is 0 Å². The van der Waals surface area contributed by atoms with Gasteiger partial charge in [0.1, 0.15) is 12.4 Å². The summed E-state index contributed by atoms with van der Waals surface area (Å²) in [4.78, 5) is 9.91. The number of benzene rings is 1. The quantitative estimate of drug-likeness (QED) is 0.729. The fourth-order valence-electron chi connectivity index (χ4n) is 3.61. The van der Waals surface area contributed by atoms with E-state index in [9.17, 15) is 0 Å². The number of nitrogens with zero attached hydrogens (tertiary/aromatic N) is 2. The minimum atomic E-state index is 0.581. The smallest absolute Gasteiger partial charge is 0.139 e. The molecule has 0 aliphatic carbocycles. The molecule has 5 nitrogen and oxygen atoms in total. The van der Waals surface area contributed by atoms with Gasteiger partial charge >= 0.3 is 0 Å². The van der Waals surface area contributed by atoms with Gasteiger partial charge in [-0.2, -0.15) is 0 Å². The van der Waals surface area contributed by atoms with E-state index in [1.54, 1.807) is 0 Å². The van der Waals surface area contributed by atoms with E-state index in [-0.39, 0.29) is 0 Å². The van der Waals surface area contributed by atoms with Gasteiger partial charge < -0.3 is 15.0 Å². The summed E-state index contributed by atoms with van der Waals surface area (Å²) in [6.45, 7) is 4.94. The number of likely N-dealkylation sites (tertiary alicyclic amines) is 1. The first-order valence-electron chi connectivity index (χ1n) is 9.43. The van der Waals surface area contributed by atoms with Crippen LogP contribution in [0.25, 0.3) is 11.0 Å². The monoisotopic (exact) mass is 350 g/mol. The van der Waals surface area contributed by atoms with E-state index in [0.717, 1.165) is 28.8 Å². The second-order valence-corrected chi connectivity index (χ2v) is 6.89. The molecular weight excluding hydrogens is 324 g/mol. The van der Waals surface area contributed by atoms with Crippen LogP contribution in [0.4, 0.5) is 5.69 Å². The molecule has 0 saturated carbocycles. The Balaban J connectivity index is 0.000000129. The normalized spacial score (nSPS) is 17.1. The molecule has 0 unspecified atom stereocenters. The van der Waals surface area contributed by atoms with Gasteiger partial charge in [0.2, 0.25) is 0 Å². The lowest BCUT2D eigenvalue weighted by atomic mass is 10.1. The number of ether oxygens (including phenoxy) is 1. The highest BCUT2D eigenvalue weighted by Crippen LogP contribution is 2.27. The average Bonchev–Trinajstić information content (AvgIpc) is 3.20. The molecule has 1 fully saturated rings. The van der Waals surface area contributed by atoms with Gasteiger partial charge in [-0.15, -0.1) is 0 Å². The summed E-state index contributed by atoms with van der Waals surface area (Å²) in [5.41, 5.74) is 4.65. The van der Waals surface area contributed by atoms with E-state index < -0.39 is 0 Å². The average molecular weight is 350 g/mol. The highest BCUT2D eigenvalue weighted by atomic mass is 16.5. The molecule has 1 aromatic carbocycles. The second kappa shape index (κ2) is 8.34.